The van der Waals surface area contributed by atoms with Gasteiger partial charge in [0.2, 0.25) is 0 Å². The van der Waals surface area contributed by atoms with Gasteiger partial charge in [-0.25, -0.2) is 4.39 Å². The Hall–Kier alpha value is -1.38. The Morgan fingerprint density at radius 3 is 0.889 bits per heavy atom. The van der Waals surface area contributed by atoms with Crippen LogP contribution < -0.4 is 0 Å². The highest BCUT2D eigenvalue weighted by molar-refractivity contribution is 5.39. The molecule has 0 rings (SSSR count). The molecule has 0 aromatic rings. The molecule has 16 heteroatoms. The van der Waals surface area contributed by atoms with Crippen molar-refractivity contribution in [2.75, 3.05) is 0 Å². The van der Waals surface area contributed by atoms with Gasteiger partial charge in [0.15, 0.2) is 5.41 Å². The fourth-order valence-corrected chi connectivity index (χ4v) is 2.01. The summed E-state index contributed by atoms with van der Waals surface area (Å²) in [4.78, 5) is 0. The zero-order valence-corrected chi connectivity index (χ0v) is 12.5. The highest BCUT2D eigenvalue weighted by atomic mass is 19.4. The van der Waals surface area contributed by atoms with Gasteiger partial charge in [0, 0.05) is 11.1 Å². The van der Waals surface area contributed by atoms with Crippen LogP contribution in [0.25, 0.3) is 0 Å². The molecule has 0 saturated carbocycles. The maximum Gasteiger partial charge on any atom is 0.435 e. The summed E-state index contributed by atoms with van der Waals surface area (Å²) >= 11 is 0. The SMILES string of the molecule is C/C(=C(\C(C)(C(F)(F)F)C(F)(F)F)C(F)(C(F)(F)F)C(F)(F)F)C(F)(F)F. The number of alkyl halides is 16. The molecule has 0 saturated heterocycles. The fraction of sp³-hybridized carbons (Fsp3) is 0.818. The Morgan fingerprint density at radius 2 is 0.741 bits per heavy atom. The van der Waals surface area contributed by atoms with Crippen LogP contribution in [0.3, 0.4) is 0 Å². The zero-order chi connectivity index (χ0) is 22.7. The molecule has 0 aromatic carbocycles. The molecule has 0 radical (unpaired) electrons. The summed E-state index contributed by atoms with van der Waals surface area (Å²) in [5, 5.41) is 0. The van der Waals surface area contributed by atoms with E-state index in [2.05, 4.69) is 0 Å². The lowest BCUT2D eigenvalue weighted by molar-refractivity contribution is -0.362. The smallest absolute Gasteiger partial charge is 0.218 e. The number of hydrogen-bond acceptors (Lipinski definition) is 0. The zero-order valence-electron chi connectivity index (χ0n) is 12.5. The Balaban J connectivity index is 7.82. The third kappa shape index (κ3) is 3.93. The average Bonchev–Trinajstić information content (AvgIpc) is 2.31. The van der Waals surface area contributed by atoms with Gasteiger partial charge in [-0.1, -0.05) is 0 Å². The van der Waals surface area contributed by atoms with Gasteiger partial charge in [-0.2, -0.15) is 65.9 Å². The van der Waals surface area contributed by atoms with Crippen molar-refractivity contribution in [3.05, 3.63) is 11.1 Å². The van der Waals surface area contributed by atoms with Crippen molar-refractivity contribution in [3.8, 4) is 0 Å². The molecule has 0 aliphatic heterocycles. The monoisotopic (exact) mass is 442 g/mol. The van der Waals surface area contributed by atoms with Gasteiger partial charge < -0.3 is 0 Å². The Morgan fingerprint density at radius 1 is 0.481 bits per heavy atom. The normalized spacial score (nSPS) is 17.1. The van der Waals surface area contributed by atoms with E-state index in [9.17, 15) is 70.2 Å². The van der Waals surface area contributed by atoms with Crippen molar-refractivity contribution in [2.45, 2.75) is 50.4 Å². The molecule has 0 nitrogen and oxygen atoms in total. The van der Waals surface area contributed by atoms with E-state index in [1.165, 1.54) is 0 Å². The van der Waals surface area contributed by atoms with E-state index in [0.29, 0.717) is 0 Å². The fourth-order valence-electron chi connectivity index (χ4n) is 2.01. The minimum atomic E-state index is -7.65. The molecule has 0 amide bonds. The van der Waals surface area contributed by atoms with Crippen LogP contribution in [0.2, 0.25) is 0 Å². The summed E-state index contributed by atoms with van der Waals surface area (Å²) in [6.07, 6.45) is -36.3. The number of rotatable bonds is 2. The van der Waals surface area contributed by atoms with Crippen LogP contribution >= 0.6 is 0 Å². The Labute approximate surface area is 138 Å². The van der Waals surface area contributed by atoms with E-state index >= 15 is 0 Å². The first kappa shape index (κ1) is 25.6. The van der Waals surface area contributed by atoms with Crippen LogP contribution in [-0.2, 0) is 0 Å². The Kier molecular flexibility index (Phi) is 6.00. The summed E-state index contributed by atoms with van der Waals surface area (Å²) in [5.74, 6) is 0. The first-order valence-corrected chi connectivity index (χ1v) is 6.02. The molecule has 0 atom stereocenters. The van der Waals surface area contributed by atoms with Gasteiger partial charge in [0.1, 0.15) is 0 Å². The molecule has 0 aromatic heterocycles. The lowest BCUT2D eigenvalue weighted by Crippen LogP contribution is -2.63. The molecular formula is C11H6F16. The maximum absolute atomic E-state index is 14.0. The summed E-state index contributed by atoms with van der Waals surface area (Å²) < 4.78 is 205. The maximum atomic E-state index is 14.0. The van der Waals surface area contributed by atoms with Crippen LogP contribution in [0.1, 0.15) is 13.8 Å². The topological polar surface area (TPSA) is 0 Å². The van der Waals surface area contributed by atoms with Crippen LogP contribution in [0, 0.1) is 5.41 Å². The van der Waals surface area contributed by atoms with E-state index in [4.69, 9.17) is 0 Å². The average molecular weight is 442 g/mol. The van der Waals surface area contributed by atoms with E-state index in [1.54, 1.807) is 0 Å². The summed E-state index contributed by atoms with van der Waals surface area (Å²) in [7, 11) is 0. The number of halogens is 16. The van der Waals surface area contributed by atoms with Crippen molar-refractivity contribution in [1.29, 1.82) is 0 Å². The summed E-state index contributed by atoms with van der Waals surface area (Å²) in [6.45, 7) is -2.39. The molecule has 0 aliphatic rings. The lowest BCUT2D eigenvalue weighted by Gasteiger charge is -2.44. The summed E-state index contributed by atoms with van der Waals surface area (Å²) in [6, 6.07) is 0. The number of allylic oxidation sites excluding steroid dienone is 2. The Bertz CT molecular complexity index is 506. The predicted octanol–water partition coefficient (Wildman–Crippen LogP) is 6.83. The molecular weight excluding hydrogens is 436 g/mol. The molecule has 0 spiro atoms. The molecule has 0 aliphatic carbocycles. The van der Waals surface area contributed by atoms with E-state index in [1.807, 2.05) is 0 Å². The number of hydrogen-bond donors (Lipinski definition) is 0. The van der Waals surface area contributed by atoms with Gasteiger partial charge >= 0.3 is 36.6 Å². The molecule has 0 N–H and O–H groups in total. The van der Waals surface area contributed by atoms with E-state index < -0.39 is 67.0 Å². The third-order valence-corrected chi connectivity index (χ3v) is 3.56. The lowest BCUT2D eigenvalue weighted by atomic mass is 9.69. The van der Waals surface area contributed by atoms with Crippen molar-refractivity contribution >= 4 is 0 Å². The summed E-state index contributed by atoms with van der Waals surface area (Å²) in [5.41, 5.74) is -22.4. The van der Waals surface area contributed by atoms with Crippen molar-refractivity contribution in [2.24, 2.45) is 5.41 Å². The van der Waals surface area contributed by atoms with Gasteiger partial charge in [-0.3, -0.25) is 0 Å². The first-order valence-electron chi connectivity index (χ1n) is 6.02. The second-order valence-corrected chi connectivity index (χ2v) is 5.27. The van der Waals surface area contributed by atoms with Crippen molar-refractivity contribution in [3.63, 3.8) is 0 Å². The quantitative estimate of drug-likeness (QED) is 0.325. The first-order chi connectivity index (χ1) is 11.3. The van der Waals surface area contributed by atoms with E-state index in [-0.39, 0.29) is 0 Å². The largest absolute Gasteiger partial charge is 0.435 e. The van der Waals surface area contributed by atoms with Gasteiger partial charge in [0.05, 0.1) is 0 Å². The van der Waals surface area contributed by atoms with Crippen molar-refractivity contribution in [1.82, 2.24) is 0 Å². The van der Waals surface area contributed by atoms with Gasteiger partial charge in [-0.05, 0) is 13.8 Å². The highest BCUT2D eigenvalue weighted by Crippen LogP contribution is 2.65. The van der Waals surface area contributed by atoms with Gasteiger partial charge in [0.25, 0.3) is 0 Å². The third-order valence-electron chi connectivity index (χ3n) is 3.56. The minimum Gasteiger partial charge on any atom is -0.218 e. The predicted molar refractivity (Wildman–Crippen MR) is 54.9 cm³/mol. The molecule has 27 heavy (non-hydrogen) atoms. The van der Waals surface area contributed by atoms with Crippen LogP contribution in [0.15, 0.2) is 11.1 Å². The standard InChI is InChI=1S/C11H6F16/c1-3(7(13,14)15)4(5(2,8(16,17)18)9(19,20)21)6(12,10(22,23)24)11(25,26)27/h1-2H3/b4-3-. The van der Waals surface area contributed by atoms with Crippen LogP contribution in [0.4, 0.5) is 70.2 Å². The van der Waals surface area contributed by atoms with Crippen LogP contribution in [0.5, 0.6) is 0 Å². The second kappa shape index (κ2) is 6.32. The molecule has 162 valence electrons. The molecule has 0 fully saturated rings. The molecule has 0 bridgehead atoms. The minimum absolute atomic E-state index is 0.948. The molecule has 0 heterocycles. The van der Waals surface area contributed by atoms with E-state index in [0.717, 1.165) is 0 Å². The highest BCUT2D eigenvalue weighted by Gasteiger charge is 2.84. The molecule has 0 unspecified atom stereocenters. The van der Waals surface area contributed by atoms with Crippen LogP contribution in [-0.4, -0.2) is 36.6 Å². The van der Waals surface area contributed by atoms with Crippen molar-refractivity contribution < 1.29 is 70.2 Å². The van der Waals surface area contributed by atoms with Gasteiger partial charge in [-0.15, -0.1) is 0 Å². The second-order valence-electron chi connectivity index (χ2n) is 5.27.